The maximum absolute atomic E-state index is 12.8. The van der Waals surface area contributed by atoms with E-state index in [1.807, 2.05) is 4.57 Å². The van der Waals surface area contributed by atoms with Gasteiger partial charge in [-0.15, -0.1) is 0 Å². The number of nitrogens with zero attached hydrogens (tertiary/aromatic N) is 4. The summed E-state index contributed by atoms with van der Waals surface area (Å²) in [6.45, 7) is 5.28. The Morgan fingerprint density at radius 3 is 2.81 bits per heavy atom. The van der Waals surface area contributed by atoms with Crippen LogP contribution < -0.4 is 5.73 Å². The molecule has 2 atom stereocenters. The van der Waals surface area contributed by atoms with Crippen LogP contribution in [-0.4, -0.2) is 51.7 Å². The number of imidazole rings is 1. The van der Waals surface area contributed by atoms with Gasteiger partial charge in [-0.25, -0.2) is 4.98 Å². The van der Waals surface area contributed by atoms with E-state index in [0.717, 1.165) is 19.3 Å². The van der Waals surface area contributed by atoms with E-state index in [-0.39, 0.29) is 36.7 Å². The largest absolute Gasteiger partial charge is 0.368 e. The normalized spacial score (nSPS) is 18.7. The van der Waals surface area contributed by atoms with E-state index in [4.69, 9.17) is 35.9 Å². The summed E-state index contributed by atoms with van der Waals surface area (Å²) in [4.78, 5) is 12.4. The molecule has 0 bridgehead atoms. The molecule has 0 spiro atoms. The Bertz CT molecular complexity index is 924. The van der Waals surface area contributed by atoms with Crippen molar-refractivity contribution in [2.24, 2.45) is 0 Å². The zero-order valence-corrected chi connectivity index (χ0v) is 19.4. The molecule has 0 amide bonds. The van der Waals surface area contributed by atoms with Crippen molar-refractivity contribution < 1.29 is 23.1 Å². The van der Waals surface area contributed by atoms with Crippen LogP contribution in [0.3, 0.4) is 0 Å². The summed E-state index contributed by atoms with van der Waals surface area (Å²) in [6, 6.07) is 0. The molecule has 0 aromatic carbocycles. The summed E-state index contributed by atoms with van der Waals surface area (Å²) in [5.74, 6) is 1.55. The minimum absolute atomic E-state index is 0.0805. The van der Waals surface area contributed by atoms with Gasteiger partial charge in [0, 0.05) is 19.0 Å². The van der Waals surface area contributed by atoms with Gasteiger partial charge >= 0.3 is 7.60 Å². The van der Waals surface area contributed by atoms with E-state index in [1.54, 1.807) is 26.3 Å². The quantitative estimate of drug-likeness (QED) is 0.378. The van der Waals surface area contributed by atoms with Crippen LogP contribution in [0, 0.1) is 0 Å². The van der Waals surface area contributed by atoms with Crippen LogP contribution in [0.5, 0.6) is 0 Å². The highest BCUT2D eigenvalue weighted by Gasteiger charge is 2.23. The van der Waals surface area contributed by atoms with Gasteiger partial charge < -0.3 is 28.8 Å². The molecule has 1 aliphatic heterocycles. The fourth-order valence-electron chi connectivity index (χ4n) is 3.26. The molecular formula is C19H29ClN5O5P. The van der Waals surface area contributed by atoms with Gasteiger partial charge in [-0.05, 0) is 45.6 Å². The van der Waals surface area contributed by atoms with Gasteiger partial charge in [0.05, 0.1) is 25.6 Å². The molecule has 2 aromatic heterocycles. The minimum Gasteiger partial charge on any atom is -0.368 e. The second-order valence-electron chi connectivity index (χ2n) is 6.96. The molecule has 3 rings (SSSR count). The van der Waals surface area contributed by atoms with E-state index >= 15 is 0 Å². The van der Waals surface area contributed by atoms with E-state index in [0.29, 0.717) is 30.7 Å². The number of nitrogens with two attached hydrogens (primary N) is 1. The van der Waals surface area contributed by atoms with E-state index < -0.39 is 7.60 Å². The third-order valence-corrected chi connectivity index (χ3v) is 6.70. The molecule has 1 aliphatic rings. The van der Waals surface area contributed by atoms with Crippen LogP contribution >= 0.6 is 19.2 Å². The average molecular weight is 474 g/mol. The highest BCUT2D eigenvalue weighted by Crippen LogP contribution is 2.49. The lowest BCUT2D eigenvalue weighted by Gasteiger charge is -2.26. The molecule has 12 heteroatoms. The van der Waals surface area contributed by atoms with E-state index in [9.17, 15) is 4.57 Å². The number of nitrogen functional groups attached to an aromatic ring is 1. The molecular weight excluding hydrogens is 445 g/mol. The van der Waals surface area contributed by atoms with Gasteiger partial charge in [0.2, 0.25) is 5.95 Å². The second kappa shape index (κ2) is 11.4. The lowest BCUT2D eigenvalue weighted by molar-refractivity contribution is -0.179. The van der Waals surface area contributed by atoms with Crippen LogP contribution in [0.1, 0.15) is 39.5 Å². The Balaban J connectivity index is 1.76. The Morgan fingerprint density at radius 2 is 2.13 bits per heavy atom. The van der Waals surface area contributed by atoms with Crippen LogP contribution in [-0.2, 0) is 29.6 Å². The standard InChI is InChI=1S/C19H29ClN5O5P/c1-3-28-31(26,29-4-2)12-9-14(30-15-7-5-6-11-27-15)8-10-25-13-22-16-17(20)23-19(21)24-18(16)25/h9,12-15H,3-8,10-11H2,1-2H3,(H2,21,23,24)/b12-9+/t14-,15+/m1/s1. The number of rotatable bonds is 11. The number of ether oxygens (including phenoxy) is 2. The predicted octanol–water partition coefficient (Wildman–Crippen LogP) is 4.14. The molecule has 1 saturated heterocycles. The van der Waals surface area contributed by atoms with Crippen molar-refractivity contribution in [2.45, 2.75) is 58.5 Å². The summed E-state index contributed by atoms with van der Waals surface area (Å²) in [6.07, 6.45) is 6.07. The number of aryl methyl sites for hydroxylation is 1. The van der Waals surface area contributed by atoms with Crippen molar-refractivity contribution in [3.8, 4) is 0 Å². The number of fused-ring (bicyclic) bond motifs is 1. The molecule has 0 unspecified atom stereocenters. The SMILES string of the molecule is CCOP(=O)(/C=C/[C@@H](CCn1cnc2c(Cl)nc(N)nc21)O[C@H]1CCCCO1)OCC. The summed E-state index contributed by atoms with van der Waals surface area (Å²) < 4.78 is 37.2. The number of hydrogen-bond donors (Lipinski definition) is 1. The summed E-state index contributed by atoms with van der Waals surface area (Å²) in [5, 5.41) is 0.207. The first-order valence-electron chi connectivity index (χ1n) is 10.4. The molecule has 0 aliphatic carbocycles. The van der Waals surface area contributed by atoms with Gasteiger partial charge in [-0.3, -0.25) is 4.57 Å². The number of halogens is 1. The molecule has 172 valence electrons. The molecule has 2 aromatic rings. The zero-order chi connectivity index (χ0) is 22.3. The first-order chi connectivity index (χ1) is 14.9. The van der Waals surface area contributed by atoms with Crippen LogP contribution in [0.2, 0.25) is 5.15 Å². The molecule has 3 heterocycles. The Kier molecular flexibility index (Phi) is 8.83. The topological polar surface area (TPSA) is 124 Å². The van der Waals surface area contributed by atoms with Crippen molar-refractivity contribution in [3.05, 3.63) is 23.4 Å². The Hall–Kier alpha value is -1.55. The lowest BCUT2D eigenvalue weighted by atomic mass is 10.2. The van der Waals surface area contributed by atoms with Crippen molar-refractivity contribution in [3.63, 3.8) is 0 Å². The van der Waals surface area contributed by atoms with Crippen molar-refractivity contribution >= 4 is 36.3 Å². The van der Waals surface area contributed by atoms with Gasteiger partial charge in [0.15, 0.2) is 17.1 Å². The van der Waals surface area contributed by atoms with Gasteiger partial charge in [-0.1, -0.05) is 11.6 Å². The fourth-order valence-corrected chi connectivity index (χ4v) is 4.85. The molecule has 31 heavy (non-hydrogen) atoms. The first-order valence-corrected chi connectivity index (χ1v) is 12.4. The summed E-state index contributed by atoms with van der Waals surface area (Å²) in [5.41, 5.74) is 6.75. The van der Waals surface area contributed by atoms with Crippen molar-refractivity contribution in [1.29, 1.82) is 0 Å². The van der Waals surface area contributed by atoms with Crippen molar-refractivity contribution in [1.82, 2.24) is 19.5 Å². The number of hydrogen-bond acceptors (Lipinski definition) is 9. The monoisotopic (exact) mass is 473 g/mol. The third-order valence-electron chi connectivity index (χ3n) is 4.66. The van der Waals surface area contributed by atoms with Crippen molar-refractivity contribution in [2.75, 3.05) is 25.6 Å². The average Bonchev–Trinajstić information content (AvgIpc) is 3.14. The zero-order valence-electron chi connectivity index (χ0n) is 17.8. The summed E-state index contributed by atoms with van der Waals surface area (Å²) >= 11 is 6.11. The molecule has 1 fully saturated rings. The highest BCUT2D eigenvalue weighted by molar-refractivity contribution is 7.57. The number of aromatic nitrogens is 4. The first kappa shape index (κ1) is 24.1. The second-order valence-corrected chi connectivity index (χ2v) is 9.21. The lowest BCUT2D eigenvalue weighted by Crippen LogP contribution is -2.27. The van der Waals surface area contributed by atoms with E-state index in [1.165, 1.54) is 5.82 Å². The van der Waals surface area contributed by atoms with Gasteiger partial charge in [0.25, 0.3) is 0 Å². The van der Waals surface area contributed by atoms with E-state index in [2.05, 4.69) is 15.0 Å². The maximum atomic E-state index is 12.8. The minimum atomic E-state index is -3.34. The predicted molar refractivity (Wildman–Crippen MR) is 118 cm³/mol. The molecule has 10 nitrogen and oxygen atoms in total. The maximum Gasteiger partial charge on any atom is 0.353 e. The molecule has 0 saturated carbocycles. The van der Waals surface area contributed by atoms with Crippen LogP contribution in [0.25, 0.3) is 11.2 Å². The molecule has 2 N–H and O–H groups in total. The number of anilines is 1. The van der Waals surface area contributed by atoms with Crippen LogP contribution in [0.15, 0.2) is 18.2 Å². The molecule has 0 radical (unpaired) electrons. The summed E-state index contributed by atoms with van der Waals surface area (Å²) in [7, 11) is -3.34. The van der Waals surface area contributed by atoms with Gasteiger partial charge in [0.1, 0.15) is 5.52 Å². The smallest absolute Gasteiger partial charge is 0.353 e. The van der Waals surface area contributed by atoms with Crippen LogP contribution in [0.4, 0.5) is 5.95 Å². The highest BCUT2D eigenvalue weighted by atomic mass is 35.5. The third kappa shape index (κ3) is 6.71. The van der Waals surface area contributed by atoms with Gasteiger partial charge in [-0.2, -0.15) is 9.97 Å². The fraction of sp³-hybridized carbons (Fsp3) is 0.632. The Morgan fingerprint density at radius 1 is 1.35 bits per heavy atom. The Labute approximate surface area is 186 Å².